The summed E-state index contributed by atoms with van der Waals surface area (Å²) in [4.78, 5) is 4.56. The lowest BCUT2D eigenvalue weighted by Crippen LogP contribution is -2.26. The van der Waals surface area contributed by atoms with Crippen LogP contribution < -0.4 is 5.32 Å². The molecule has 0 radical (unpaired) electrons. The minimum absolute atomic E-state index is 0.928. The molecule has 0 atom stereocenters. The summed E-state index contributed by atoms with van der Waals surface area (Å²) >= 11 is 1.75. The van der Waals surface area contributed by atoms with Crippen molar-refractivity contribution in [3.63, 3.8) is 0 Å². The first-order valence-corrected chi connectivity index (χ1v) is 8.27. The first-order valence-electron chi connectivity index (χ1n) is 7.45. The van der Waals surface area contributed by atoms with E-state index in [4.69, 9.17) is 0 Å². The molecule has 23 heavy (non-hydrogen) atoms. The summed E-state index contributed by atoms with van der Waals surface area (Å²) in [5, 5.41) is 3.16. The molecule has 3 heteroatoms. The van der Waals surface area contributed by atoms with E-state index in [9.17, 15) is 0 Å². The molecule has 124 valence electrons. The van der Waals surface area contributed by atoms with Crippen LogP contribution in [0.3, 0.4) is 0 Å². The number of nitrogens with zero attached hydrogens (tertiary/aromatic N) is 1. The topological polar surface area (TPSA) is 15.3 Å². The number of allylic oxidation sites excluding steroid dienone is 2. The van der Waals surface area contributed by atoms with Gasteiger partial charge in [0.05, 0.1) is 0 Å². The Morgan fingerprint density at radius 2 is 2.00 bits per heavy atom. The SMILES string of the molecule is C#C.C=C/C=C(/Sc1ccc(C)cc1C)C(=C)N(C)CCNC. The van der Waals surface area contributed by atoms with Crippen LogP contribution in [0.15, 0.2) is 59.0 Å². The Kier molecular flexibility index (Phi) is 10.7. The molecule has 0 fully saturated rings. The molecule has 0 saturated carbocycles. The fourth-order valence-corrected chi connectivity index (χ4v) is 2.96. The van der Waals surface area contributed by atoms with Crippen LogP contribution in [-0.2, 0) is 0 Å². The summed E-state index contributed by atoms with van der Waals surface area (Å²) in [6, 6.07) is 6.53. The lowest BCUT2D eigenvalue weighted by atomic mass is 10.2. The van der Waals surface area contributed by atoms with Gasteiger partial charge in [0.25, 0.3) is 0 Å². The van der Waals surface area contributed by atoms with E-state index in [-0.39, 0.29) is 0 Å². The van der Waals surface area contributed by atoms with Crippen molar-refractivity contribution in [2.24, 2.45) is 0 Å². The third-order valence-corrected chi connectivity index (χ3v) is 4.53. The van der Waals surface area contributed by atoms with Crippen molar-refractivity contribution in [1.29, 1.82) is 0 Å². The molecule has 0 heterocycles. The number of hydrogen-bond donors (Lipinski definition) is 1. The van der Waals surface area contributed by atoms with Crippen LogP contribution in [0.4, 0.5) is 0 Å². The highest BCUT2D eigenvalue weighted by molar-refractivity contribution is 8.03. The second-order valence-electron chi connectivity index (χ2n) is 5.11. The molecule has 0 saturated heterocycles. The van der Waals surface area contributed by atoms with Crippen molar-refractivity contribution in [1.82, 2.24) is 10.2 Å². The first-order chi connectivity index (χ1) is 11.0. The summed E-state index contributed by atoms with van der Waals surface area (Å²) in [7, 11) is 4.03. The summed E-state index contributed by atoms with van der Waals surface area (Å²) in [6.07, 6.45) is 11.9. The maximum Gasteiger partial charge on any atom is 0.0432 e. The fraction of sp³-hybridized carbons (Fsp3) is 0.300. The zero-order chi connectivity index (χ0) is 17.8. The predicted octanol–water partition coefficient (Wildman–Crippen LogP) is 4.38. The van der Waals surface area contributed by atoms with Crippen molar-refractivity contribution < 1.29 is 0 Å². The van der Waals surface area contributed by atoms with Crippen LogP contribution in [0.5, 0.6) is 0 Å². The number of terminal acetylenes is 1. The molecule has 2 nitrogen and oxygen atoms in total. The Labute approximate surface area is 146 Å². The van der Waals surface area contributed by atoms with E-state index in [1.165, 1.54) is 16.0 Å². The average Bonchev–Trinajstić information content (AvgIpc) is 2.55. The molecule has 0 aliphatic carbocycles. The zero-order valence-corrected chi connectivity index (χ0v) is 15.5. The van der Waals surface area contributed by atoms with Gasteiger partial charge in [-0.3, -0.25) is 0 Å². The normalized spacial score (nSPS) is 10.4. The van der Waals surface area contributed by atoms with Crippen LogP contribution >= 0.6 is 11.8 Å². The number of thioether (sulfide) groups is 1. The highest BCUT2D eigenvalue weighted by Gasteiger charge is 2.10. The maximum absolute atomic E-state index is 4.23. The molecule has 0 bridgehead atoms. The van der Waals surface area contributed by atoms with Crippen molar-refractivity contribution >= 4 is 11.8 Å². The van der Waals surface area contributed by atoms with Crippen molar-refractivity contribution in [3.8, 4) is 12.8 Å². The Balaban J connectivity index is 0.00000232. The van der Waals surface area contributed by atoms with Gasteiger partial charge in [-0.25, -0.2) is 0 Å². The largest absolute Gasteiger partial charge is 0.373 e. The van der Waals surface area contributed by atoms with E-state index < -0.39 is 0 Å². The molecule has 1 N–H and O–H groups in total. The standard InChI is InChI=1S/C18H26N2S.C2H2/c1-7-8-18(16(4)20(6)12-11-19-5)21-17-10-9-14(2)13-15(17)3;1-2/h7-10,13,19H,1,4,11-12H2,2-3,5-6H3;1-2H/b18-8+;. The van der Waals surface area contributed by atoms with Crippen LogP contribution in [-0.4, -0.2) is 32.1 Å². The van der Waals surface area contributed by atoms with Crippen LogP contribution in [0.2, 0.25) is 0 Å². The van der Waals surface area contributed by atoms with Crippen LogP contribution in [0.25, 0.3) is 0 Å². The Bertz CT molecular complexity index is 570. The lowest BCUT2D eigenvalue weighted by molar-refractivity contribution is 0.427. The molecule has 0 spiro atoms. The molecular weight excluding hydrogens is 300 g/mol. The van der Waals surface area contributed by atoms with Crippen LogP contribution in [0, 0.1) is 26.7 Å². The van der Waals surface area contributed by atoms with E-state index in [0.717, 1.165) is 23.7 Å². The minimum atomic E-state index is 0.928. The van der Waals surface area contributed by atoms with E-state index in [1.807, 2.05) is 19.2 Å². The van der Waals surface area contributed by atoms with Gasteiger partial charge in [0.15, 0.2) is 0 Å². The molecule has 0 aliphatic rings. The summed E-state index contributed by atoms with van der Waals surface area (Å²) < 4.78 is 0. The van der Waals surface area contributed by atoms with Crippen molar-refractivity contribution in [3.05, 3.63) is 65.2 Å². The highest BCUT2D eigenvalue weighted by Crippen LogP contribution is 2.34. The molecular formula is C20H28N2S. The second-order valence-corrected chi connectivity index (χ2v) is 6.19. The van der Waals surface area contributed by atoms with E-state index in [1.54, 1.807) is 11.8 Å². The smallest absolute Gasteiger partial charge is 0.0432 e. The van der Waals surface area contributed by atoms with E-state index >= 15 is 0 Å². The Morgan fingerprint density at radius 1 is 1.35 bits per heavy atom. The lowest BCUT2D eigenvalue weighted by Gasteiger charge is -2.23. The number of likely N-dealkylation sites (N-methyl/N-ethyl adjacent to an activating group) is 2. The Hall–Kier alpha value is -1.89. The third-order valence-electron chi connectivity index (χ3n) is 3.26. The zero-order valence-electron chi connectivity index (χ0n) is 14.7. The second kappa shape index (κ2) is 11.6. The van der Waals surface area contributed by atoms with Gasteiger partial charge in [0, 0.05) is 35.6 Å². The minimum Gasteiger partial charge on any atom is -0.373 e. The maximum atomic E-state index is 4.23. The van der Waals surface area contributed by atoms with Gasteiger partial charge in [-0.15, -0.1) is 12.8 Å². The molecule has 1 rings (SSSR count). The molecule has 1 aromatic rings. The Morgan fingerprint density at radius 3 is 2.52 bits per heavy atom. The fourth-order valence-electron chi connectivity index (χ4n) is 1.93. The summed E-state index contributed by atoms with van der Waals surface area (Å²) in [6.45, 7) is 14.2. The van der Waals surface area contributed by atoms with Gasteiger partial charge >= 0.3 is 0 Å². The quantitative estimate of drug-likeness (QED) is 0.433. The molecule has 0 aromatic heterocycles. The molecule has 0 aliphatic heterocycles. The first kappa shape index (κ1) is 21.1. The van der Waals surface area contributed by atoms with Crippen molar-refractivity contribution in [2.75, 3.05) is 27.2 Å². The third kappa shape index (κ3) is 7.27. The van der Waals surface area contributed by atoms with Gasteiger partial charge in [-0.1, -0.05) is 48.7 Å². The summed E-state index contributed by atoms with van der Waals surface area (Å²) in [5.74, 6) is 0. The van der Waals surface area contributed by atoms with E-state index in [0.29, 0.717) is 0 Å². The number of rotatable bonds is 8. The van der Waals surface area contributed by atoms with Crippen LogP contribution in [0.1, 0.15) is 11.1 Å². The molecule has 0 unspecified atom stereocenters. The monoisotopic (exact) mass is 328 g/mol. The average molecular weight is 329 g/mol. The summed E-state index contributed by atoms with van der Waals surface area (Å²) in [5.41, 5.74) is 3.60. The van der Waals surface area contributed by atoms with E-state index in [2.05, 4.69) is 75.3 Å². The van der Waals surface area contributed by atoms with Gasteiger partial charge in [-0.2, -0.15) is 0 Å². The number of nitrogens with one attached hydrogen (secondary N) is 1. The van der Waals surface area contributed by atoms with Crippen molar-refractivity contribution in [2.45, 2.75) is 18.7 Å². The number of aryl methyl sites for hydroxylation is 2. The number of benzene rings is 1. The predicted molar refractivity (Wildman–Crippen MR) is 106 cm³/mol. The van der Waals surface area contributed by atoms with Gasteiger partial charge in [0.2, 0.25) is 0 Å². The number of hydrogen-bond acceptors (Lipinski definition) is 3. The highest BCUT2D eigenvalue weighted by atomic mass is 32.2. The van der Waals surface area contributed by atoms with Gasteiger partial charge in [0.1, 0.15) is 0 Å². The molecule has 0 amide bonds. The van der Waals surface area contributed by atoms with Gasteiger partial charge < -0.3 is 10.2 Å². The molecule has 1 aromatic carbocycles. The van der Waals surface area contributed by atoms with Gasteiger partial charge in [-0.05, 0) is 38.6 Å².